The molecule has 0 atom stereocenters. The lowest BCUT2D eigenvalue weighted by molar-refractivity contribution is -0.118. The van der Waals surface area contributed by atoms with E-state index < -0.39 is 11.6 Å². The number of carbonyl (C=O) groups excluding carboxylic acids is 1. The van der Waals surface area contributed by atoms with Crippen molar-refractivity contribution in [3.63, 3.8) is 0 Å². The fourth-order valence-electron chi connectivity index (χ4n) is 3.00. The van der Waals surface area contributed by atoms with Crippen LogP contribution in [0.5, 0.6) is 0 Å². The molecule has 0 aromatic heterocycles. The SMILES string of the molecule is C#CCCC1(CCC(=O)N2CCc3c(C(=O)O)cccc32)N=N1. The second-order valence-electron chi connectivity index (χ2n) is 5.79. The normalized spacial score (nSPS) is 16.7. The minimum Gasteiger partial charge on any atom is -0.478 e. The molecular weight excluding hydrogens is 294 g/mol. The minimum absolute atomic E-state index is 0.0244. The minimum atomic E-state index is -0.958. The van der Waals surface area contributed by atoms with Crippen LogP contribution in [0.2, 0.25) is 0 Å². The number of carboxylic acids is 1. The molecule has 0 saturated heterocycles. The number of rotatable bonds is 6. The van der Waals surface area contributed by atoms with Gasteiger partial charge in [0.25, 0.3) is 0 Å². The zero-order valence-electron chi connectivity index (χ0n) is 12.7. The highest BCUT2D eigenvalue weighted by molar-refractivity contribution is 5.99. The maximum absolute atomic E-state index is 12.5. The molecule has 1 aromatic carbocycles. The first kappa shape index (κ1) is 15.2. The molecule has 0 saturated carbocycles. The van der Waals surface area contributed by atoms with Crippen LogP contribution in [0.4, 0.5) is 5.69 Å². The summed E-state index contributed by atoms with van der Waals surface area (Å²) in [4.78, 5) is 25.4. The van der Waals surface area contributed by atoms with E-state index in [1.807, 2.05) is 0 Å². The van der Waals surface area contributed by atoms with Gasteiger partial charge in [0.15, 0.2) is 5.66 Å². The monoisotopic (exact) mass is 311 g/mol. The largest absolute Gasteiger partial charge is 0.478 e. The summed E-state index contributed by atoms with van der Waals surface area (Å²) in [7, 11) is 0. The molecule has 1 N–H and O–H groups in total. The van der Waals surface area contributed by atoms with Crippen molar-refractivity contribution in [2.45, 2.75) is 37.8 Å². The summed E-state index contributed by atoms with van der Waals surface area (Å²) in [6.07, 6.45) is 7.98. The summed E-state index contributed by atoms with van der Waals surface area (Å²) in [6.45, 7) is 0.518. The lowest BCUT2D eigenvalue weighted by atomic mass is 10.0. The number of fused-ring (bicyclic) bond motifs is 1. The maximum atomic E-state index is 12.5. The zero-order chi connectivity index (χ0) is 16.4. The molecule has 6 nitrogen and oxygen atoms in total. The number of benzene rings is 1. The van der Waals surface area contributed by atoms with E-state index in [1.54, 1.807) is 23.1 Å². The quantitative estimate of drug-likeness (QED) is 0.820. The van der Waals surface area contributed by atoms with Crippen molar-refractivity contribution < 1.29 is 14.7 Å². The van der Waals surface area contributed by atoms with Gasteiger partial charge in [-0.2, -0.15) is 10.2 Å². The summed E-state index contributed by atoms with van der Waals surface area (Å²) < 4.78 is 0. The number of anilines is 1. The first-order chi connectivity index (χ1) is 11.1. The van der Waals surface area contributed by atoms with Gasteiger partial charge in [-0.1, -0.05) is 6.07 Å². The standard InChI is InChI=1S/C17H17N3O3/c1-2-3-9-17(18-19-17)10-7-15(21)20-11-8-12-13(16(22)23)5-4-6-14(12)20/h1,4-6H,3,7-11H2,(H,22,23). The van der Waals surface area contributed by atoms with Gasteiger partial charge in [-0.25, -0.2) is 4.79 Å². The number of hydrogen-bond donors (Lipinski definition) is 1. The van der Waals surface area contributed by atoms with Crippen LogP contribution in [0.3, 0.4) is 0 Å². The number of carboxylic acid groups (broad SMARTS) is 1. The number of carbonyl (C=O) groups is 2. The average Bonchev–Trinajstić information content (AvgIpc) is 3.19. The molecule has 2 aliphatic heterocycles. The summed E-state index contributed by atoms with van der Waals surface area (Å²) in [5.74, 6) is 1.58. The van der Waals surface area contributed by atoms with Gasteiger partial charge in [-0.3, -0.25) is 4.79 Å². The first-order valence-corrected chi connectivity index (χ1v) is 7.59. The van der Waals surface area contributed by atoms with Crippen LogP contribution in [-0.2, 0) is 11.2 Å². The Morgan fingerprint density at radius 3 is 2.78 bits per heavy atom. The van der Waals surface area contributed by atoms with Crippen LogP contribution < -0.4 is 4.90 Å². The summed E-state index contributed by atoms with van der Waals surface area (Å²) in [6, 6.07) is 5.05. The maximum Gasteiger partial charge on any atom is 0.336 e. The van der Waals surface area contributed by atoms with Gasteiger partial charge >= 0.3 is 5.97 Å². The van der Waals surface area contributed by atoms with Crippen LogP contribution in [0.15, 0.2) is 28.4 Å². The van der Waals surface area contributed by atoms with E-state index in [-0.39, 0.29) is 11.5 Å². The Hall–Kier alpha value is -2.68. The van der Waals surface area contributed by atoms with Gasteiger partial charge in [0.05, 0.1) is 5.56 Å². The van der Waals surface area contributed by atoms with Crippen molar-refractivity contribution in [3.05, 3.63) is 29.3 Å². The Bertz CT molecular complexity index is 727. The van der Waals surface area contributed by atoms with Crippen molar-refractivity contribution in [1.82, 2.24) is 0 Å². The Morgan fingerprint density at radius 1 is 1.35 bits per heavy atom. The number of terminal acetylenes is 1. The van der Waals surface area contributed by atoms with Crippen molar-refractivity contribution in [1.29, 1.82) is 0 Å². The van der Waals surface area contributed by atoms with Crippen molar-refractivity contribution in [3.8, 4) is 12.3 Å². The average molecular weight is 311 g/mol. The Balaban J connectivity index is 1.66. The van der Waals surface area contributed by atoms with Crippen LogP contribution in [0.1, 0.15) is 41.6 Å². The van der Waals surface area contributed by atoms with Gasteiger partial charge in [-0.05, 0) is 24.1 Å². The number of aromatic carboxylic acids is 1. The van der Waals surface area contributed by atoms with Crippen LogP contribution in [0.25, 0.3) is 0 Å². The molecule has 2 aliphatic rings. The molecule has 0 bridgehead atoms. The number of hydrogen-bond acceptors (Lipinski definition) is 4. The molecule has 0 spiro atoms. The Morgan fingerprint density at radius 2 is 2.13 bits per heavy atom. The van der Waals surface area contributed by atoms with Gasteiger partial charge in [0, 0.05) is 37.9 Å². The molecule has 0 unspecified atom stereocenters. The van der Waals surface area contributed by atoms with Crippen molar-refractivity contribution >= 4 is 17.6 Å². The summed E-state index contributed by atoms with van der Waals surface area (Å²) >= 11 is 0. The van der Waals surface area contributed by atoms with Gasteiger partial charge < -0.3 is 10.0 Å². The molecular formula is C17H17N3O3. The smallest absolute Gasteiger partial charge is 0.336 e. The summed E-state index contributed by atoms with van der Waals surface area (Å²) in [5.41, 5.74) is 1.25. The van der Waals surface area contributed by atoms with E-state index in [2.05, 4.69) is 16.1 Å². The molecule has 1 amide bonds. The number of amides is 1. The first-order valence-electron chi connectivity index (χ1n) is 7.59. The molecule has 6 heteroatoms. The van der Waals surface area contributed by atoms with Crippen LogP contribution in [-0.4, -0.2) is 29.2 Å². The van der Waals surface area contributed by atoms with E-state index in [0.717, 1.165) is 5.56 Å². The second kappa shape index (κ2) is 5.84. The Labute approximate surface area is 134 Å². The fourth-order valence-corrected chi connectivity index (χ4v) is 3.00. The predicted molar refractivity (Wildman–Crippen MR) is 84.3 cm³/mol. The van der Waals surface area contributed by atoms with Gasteiger partial charge in [0.2, 0.25) is 5.91 Å². The predicted octanol–water partition coefficient (Wildman–Crippen LogP) is 2.63. The zero-order valence-corrected chi connectivity index (χ0v) is 12.7. The fraction of sp³-hybridized carbons (Fsp3) is 0.412. The summed E-state index contributed by atoms with van der Waals surface area (Å²) in [5, 5.41) is 17.3. The van der Waals surface area contributed by atoms with E-state index >= 15 is 0 Å². The molecule has 0 fully saturated rings. The van der Waals surface area contributed by atoms with Crippen LogP contribution in [0, 0.1) is 12.3 Å². The highest BCUT2D eigenvalue weighted by Crippen LogP contribution is 2.38. The second-order valence-corrected chi connectivity index (χ2v) is 5.79. The van der Waals surface area contributed by atoms with E-state index in [0.29, 0.717) is 44.3 Å². The van der Waals surface area contributed by atoms with E-state index in [9.17, 15) is 14.7 Å². The lowest BCUT2D eigenvalue weighted by Crippen LogP contribution is -2.30. The molecule has 2 heterocycles. The molecule has 118 valence electrons. The number of nitrogens with zero attached hydrogens (tertiary/aromatic N) is 3. The molecule has 3 rings (SSSR count). The Kier molecular flexibility index (Phi) is 3.87. The highest BCUT2D eigenvalue weighted by Gasteiger charge is 2.40. The molecule has 1 aromatic rings. The third-order valence-electron chi connectivity index (χ3n) is 4.35. The van der Waals surface area contributed by atoms with Crippen LogP contribution >= 0.6 is 0 Å². The van der Waals surface area contributed by atoms with Crippen molar-refractivity contribution in [2.75, 3.05) is 11.4 Å². The topological polar surface area (TPSA) is 82.3 Å². The highest BCUT2D eigenvalue weighted by atomic mass is 16.4. The van der Waals surface area contributed by atoms with Gasteiger partial charge in [-0.15, -0.1) is 12.3 Å². The lowest BCUT2D eigenvalue weighted by Gasteiger charge is -2.18. The third kappa shape index (κ3) is 2.95. The molecule has 0 radical (unpaired) electrons. The third-order valence-corrected chi connectivity index (χ3v) is 4.35. The van der Waals surface area contributed by atoms with E-state index in [4.69, 9.17) is 6.42 Å². The van der Waals surface area contributed by atoms with Crippen molar-refractivity contribution in [2.24, 2.45) is 10.2 Å². The molecule has 23 heavy (non-hydrogen) atoms. The van der Waals surface area contributed by atoms with E-state index in [1.165, 1.54) is 0 Å². The molecule has 0 aliphatic carbocycles. The van der Waals surface area contributed by atoms with Gasteiger partial charge in [0.1, 0.15) is 0 Å².